The first-order valence-electron chi connectivity index (χ1n) is 10.6. The Bertz CT molecular complexity index is 1320. The molecular weight excluding hydrogens is 380 g/mol. The van der Waals surface area contributed by atoms with E-state index >= 15 is 0 Å². The van der Waals surface area contributed by atoms with Gasteiger partial charge in [0.2, 0.25) is 0 Å². The van der Waals surface area contributed by atoms with Gasteiger partial charge in [-0.25, -0.2) is 24.5 Å². The average molecular weight is 402 g/mol. The third-order valence-electron chi connectivity index (χ3n) is 6.78. The first kappa shape index (κ1) is 16.7. The van der Waals surface area contributed by atoms with Crippen LogP contribution in [-0.2, 0) is 16.9 Å². The van der Waals surface area contributed by atoms with E-state index < -0.39 is 5.60 Å². The molecule has 0 unspecified atom stereocenters. The van der Waals surface area contributed by atoms with E-state index in [-0.39, 0.29) is 0 Å². The molecule has 4 aromatic rings. The van der Waals surface area contributed by atoms with Crippen molar-refractivity contribution in [3.8, 4) is 11.4 Å². The number of rotatable bonds is 2. The van der Waals surface area contributed by atoms with Gasteiger partial charge in [-0.3, -0.25) is 0 Å². The number of imidazole rings is 1. The smallest absolute Gasteiger partial charge is 0.167 e. The second-order valence-electron chi connectivity index (χ2n) is 9.11. The number of hydrogen-bond acceptors (Lipinski definition) is 7. The molecule has 1 saturated carbocycles. The minimum Gasteiger partial charge on any atom is -0.366 e. The molecule has 2 saturated heterocycles. The summed E-state index contributed by atoms with van der Waals surface area (Å²) in [6.45, 7) is 6.58. The molecule has 3 aliphatic heterocycles. The highest BCUT2D eigenvalue weighted by atomic mass is 16.5. The second-order valence-corrected chi connectivity index (χ2v) is 9.11. The standard InChI is InChI=1S/C21H22N8O/c1-21(2)20-24-16-18(27(20)5-6-30-21)25-17(13-9-22-15-3-4-23-29(15)11-13)26-19(16)28-10-12-7-14(28)8-12/h3-4,9,11-12,14H,5-8,10H2,1-2H3. The number of anilines is 1. The molecule has 9 heteroatoms. The fraction of sp³-hybridized carbons (Fsp3) is 0.476. The number of hydrogen-bond donors (Lipinski definition) is 0. The van der Waals surface area contributed by atoms with Gasteiger partial charge >= 0.3 is 0 Å². The molecule has 0 amide bonds. The zero-order valence-corrected chi connectivity index (χ0v) is 17.0. The Morgan fingerprint density at radius 1 is 1.17 bits per heavy atom. The predicted molar refractivity (Wildman–Crippen MR) is 110 cm³/mol. The van der Waals surface area contributed by atoms with Gasteiger partial charge < -0.3 is 14.2 Å². The van der Waals surface area contributed by atoms with Crippen LogP contribution in [0.15, 0.2) is 24.7 Å². The predicted octanol–water partition coefficient (Wildman–Crippen LogP) is 2.40. The molecule has 8 rings (SSSR count). The fourth-order valence-corrected chi connectivity index (χ4v) is 5.16. The largest absolute Gasteiger partial charge is 0.366 e. The van der Waals surface area contributed by atoms with Crippen LogP contribution in [-0.4, -0.2) is 53.3 Å². The summed E-state index contributed by atoms with van der Waals surface area (Å²) >= 11 is 0. The SMILES string of the molecule is CC1(C)OCCn2c1nc1c(N3CC4CC3C4)nc(-c3cnc4ccnn4c3)nc12. The Morgan fingerprint density at radius 3 is 2.90 bits per heavy atom. The van der Waals surface area contributed by atoms with E-state index in [1.165, 1.54) is 12.8 Å². The highest BCUT2D eigenvalue weighted by Gasteiger charge is 2.45. The molecule has 2 bridgehead atoms. The lowest BCUT2D eigenvalue weighted by molar-refractivity contribution is -0.0530. The number of fused-ring (bicyclic) bond motifs is 5. The summed E-state index contributed by atoms with van der Waals surface area (Å²) in [6.07, 6.45) is 8.02. The Hall–Kier alpha value is -3.07. The summed E-state index contributed by atoms with van der Waals surface area (Å²) in [7, 11) is 0. The van der Waals surface area contributed by atoms with Gasteiger partial charge in [-0.05, 0) is 32.6 Å². The highest BCUT2D eigenvalue weighted by Crippen LogP contribution is 2.45. The Morgan fingerprint density at radius 2 is 2.07 bits per heavy atom. The van der Waals surface area contributed by atoms with Crippen LogP contribution in [0.1, 0.15) is 32.5 Å². The Balaban J connectivity index is 1.49. The maximum atomic E-state index is 6.00. The summed E-state index contributed by atoms with van der Waals surface area (Å²) < 4.78 is 9.97. The molecule has 152 valence electrons. The van der Waals surface area contributed by atoms with Crippen molar-refractivity contribution in [2.75, 3.05) is 18.1 Å². The van der Waals surface area contributed by atoms with Crippen molar-refractivity contribution < 1.29 is 4.74 Å². The molecule has 4 aromatic heterocycles. The van der Waals surface area contributed by atoms with Crippen molar-refractivity contribution in [3.05, 3.63) is 30.5 Å². The summed E-state index contributed by atoms with van der Waals surface area (Å²) in [5.74, 6) is 3.31. The summed E-state index contributed by atoms with van der Waals surface area (Å²) in [6, 6.07) is 2.45. The van der Waals surface area contributed by atoms with Gasteiger partial charge in [0, 0.05) is 37.6 Å². The number of aromatic nitrogens is 7. The van der Waals surface area contributed by atoms with Crippen LogP contribution in [0.5, 0.6) is 0 Å². The van der Waals surface area contributed by atoms with Crippen LogP contribution >= 0.6 is 0 Å². The second kappa shape index (κ2) is 5.54. The van der Waals surface area contributed by atoms with Gasteiger partial charge in [-0.2, -0.15) is 5.10 Å². The van der Waals surface area contributed by atoms with Crippen molar-refractivity contribution in [1.82, 2.24) is 34.1 Å². The van der Waals surface area contributed by atoms with Crippen LogP contribution in [0.2, 0.25) is 0 Å². The molecule has 30 heavy (non-hydrogen) atoms. The molecule has 4 aliphatic rings. The van der Waals surface area contributed by atoms with Gasteiger partial charge in [-0.1, -0.05) is 0 Å². The van der Waals surface area contributed by atoms with Gasteiger partial charge in [0.25, 0.3) is 0 Å². The van der Waals surface area contributed by atoms with Crippen molar-refractivity contribution in [1.29, 1.82) is 0 Å². The number of ether oxygens (including phenoxy) is 1. The minimum atomic E-state index is -0.445. The normalized spacial score (nSPS) is 24.4. The first-order chi connectivity index (χ1) is 14.6. The monoisotopic (exact) mass is 402 g/mol. The quantitative estimate of drug-likeness (QED) is 0.509. The topological polar surface area (TPSA) is 86.3 Å². The number of nitrogens with zero attached hydrogens (tertiary/aromatic N) is 8. The average Bonchev–Trinajstić information content (AvgIpc) is 3.47. The third kappa shape index (κ3) is 2.18. The molecule has 7 heterocycles. The van der Waals surface area contributed by atoms with Gasteiger partial charge in [0.1, 0.15) is 11.4 Å². The van der Waals surface area contributed by atoms with Crippen molar-refractivity contribution in [3.63, 3.8) is 0 Å². The lowest BCUT2D eigenvalue weighted by Gasteiger charge is -2.30. The minimum absolute atomic E-state index is 0.445. The molecular formula is C21H22N8O. The fourth-order valence-electron chi connectivity index (χ4n) is 5.16. The van der Waals surface area contributed by atoms with E-state index in [0.717, 1.165) is 53.0 Å². The summed E-state index contributed by atoms with van der Waals surface area (Å²) in [4.78, 5) is 22.0. The van der Waals surface area contributed by atoms with Gasteiger partial charge in [0.05, 0.1) is 18.4 Å². The van der Waals surface area contributed by atoms with Gasteiger partial charge in [0.15, 0.2) is 28.5 Å². The van der Waals surface area contributed by atoms with E-state index in [1.54, 1.807) is 10.7 Å². The molecule has 9 nitrogen and oxygen atoms in total. The molecule has 0 aromatic carbocycles. The Kier molecular flexibility index (Phi) is 3.08. The van der Waals surface area contributed by atoms with E-state index in [9.17, 15) is 0 Å². The molecule has 0 radical (unpaired) electrons. The van der Waals surface area contributed by atoms with Crippen LogP contribution in [0.3, 0.4) is 0 Å². The van der Waals surface area contributed by atoms with E-state index in [2.05, 4.69) is 33.4 Å². The molecule has 0 spiro atoms. The third-order valence-corrected chi connectivity index (χ3v) is 6.78. The lowest BCUT2D eigenvalue weighted by atomic mass is 9.86. The molecule has 0 atom stereocenters. The maximum absolute atomic E-state index is 6.00. The van der Waals surface area contributed by atoms with Crippen LogP contribution in [0, 0.1) is 5.92 Å². The van der Waals surface area contributed by atoms with Gasteiger partial charge in [-0.15, -0.1) is 0 Å². The molecule has 1 aliphatic carbocycles. The van der Waals surface area contributed by atoms with Crippen LogP contribution in [0.4, 0.5) is 5.82 Å². The highest BCUT2D eigenvalue weighted by molar-refractivity contribution is 5.87. The summed E-state index contributed by atoms with van der Waals surface area (Å²) in [5, 5.41) is 4.32. The van der Waals surface area contributed by atoms with E-state index in [1.807, 2.05) is 18.5 Å². The molecule has 0 N–H and O–H groups in total. The molecule has 3 fully saturated rings. The zero-order valence-electron chi connectivity index (χ0n) is 17.0. The van der Waals surface area contributed by atoms with E-state index in [4.69, 9.17) is 19.7 Å². The van der Waals surface area contributed by atoms with Crippen molar-refractivity contribution >= 4 is 22.6 Å². The zero-order chi connectivity index (χ0) is 20.0. The van der Waals surface area contributed by atoms with Crippen LogP contribution in [0.25, 0.3) is 28.2 Å². The van der Waals surface area contributed by atoms with Crippen molar-refractivity contribution in [2.45, 2.75) is 44.9 Å². The summed E-state index contributed by atoms with van der Waals surface area (Å²) in [5.41, 5.74) is 2.97. The maximum Gasteiger partial charge on any atom is 0.167 e. The van der Waals surface area contributed by atoms with Crippen molar-refractivity contribution in [2.24, 2.45) is 5.92 Å². The van der Waals surface area contributed by atoms with Crippen LogP contribution < -0.4 is 4.90 Å². The first-order valence-corrected chi connectivity index (χ1v) is 10.6. The van der Waals surface area contributed by atoms with E-state index in [0.29, 0.717) is 18.5 Å². The Labute approximate surface area is 172 Å². The lowest BCUT2D eigenvalue weighted by Crippen LogP contribution is -2.33.